The molecule has 1 fully saturated rings. The number of nitrogens with one attached hydrogen (secondary N) is 1. The number of rotatable bonds is 2. The van der Waals surface area contributed by atoms with Gasteiger partial charge in [-0.05, 0) is 30.4 Å². The van der Waals surface area contributed by atoms with Crippen molar-refractivity contribution in [1.29, 1.82) is 5.26 Å². The molecule has 0 saturated carbocycles. The van der Waals surface area contributed by atoms with Crippen molar-refractivity contribution in [2.75, 3.05) is 11.5 Å². The molecule has 1 aromatic rings. The Morgan fingerprint density at radius 1 is 1.61 bits per heavy atom. The highest BCUT2D eigenvalue weighted by Gasteiger charge is 2.36. The van der Waals surface area contributed by atoms with Gasteiger partial charge < -0.3 is 5.32 Å². The van der Waals surface area contributed by atoms with E-state index in [-0.39, 0.29) is 5.56 Å². The molecule has 18 heavy (non-hydrogen) atoms. The molecule has 1 saturated heterocycles. The lowest BCUT2D eigenvalue weighted by Gasteiger charge is -2.21. The number of carbonyl (C=O) groups is 1. The number of benzene rings is 1. The molecule has 0 spiro atoms. The molecule has 1 N–H and O–H groups in total. The van der Waals surface area contributed by atoms with Crippen molar-refractivity contribution in [3.63, 3.8) is 0 Å². The summed E-state index contributed by atoms with van der Waals surface area (Å²) in [5.74, 6) is 0.244. The molecule has 1 aliphatic rings. The van der Waals surface area contributed by atoms with Crippen LogP contribution in [0, 0.1) is 17.1 Å². The molecule has 1 aromatic carbocycles. The topological polar surface area (TPSA) is 52.9 Å². The summed E-state index contributed by atoms with van der Waals surface area (Å²) in [4.78, 5) is 12.0. The standard InChI is InChI=1S/C12H10BrFN2OS/c13-8-1-2-9(10(14)5-8)11(17)16-12(6-15)3-4-18-7-12/h1-2,5H,3-4,7H2,(H,16,17). The van der Waals surface area contributed by atoms with Crippen molar-refractivity contribution in [2.45, 2.75) is 12.0 Å². The van der Waals surface area contributed by atoms with Gasteiger partial charge in [0.2, 0.25) is 0 Å². The Morgan fingerprint density at radius 2 is 2.39 bits per heavy atom. The van der Waals surface area contributed by atoms with Gasteiger partial charge in [0.15, 0.2) is 0 Å². The van der Waals surface area contributed by atoms with Gasteiger partial charge in [-0.25, -0.2) is 4.39 Å². The van der Waals surface area contributed by atoms with Crippen molar-refractivity contribution in [2.24, 2.45) is 0 Å². The lowest BCUT2D eigenvalue weighted by atomic mass is 10.0. The molecule has 0 radical (unpaired) electrons. The van der Waals surface area contributed by atoms with E-state index in [1.165, 1.54) is 12.1 Å². The van der Waals surface area contributed by atoms with Crippen molar-refractivity contribution in [3.05, 3.63) is 34.1 Å². The summed E-state index contributed by atoms with van der Waals surface area (Å²) < 4.78 is 14.2. The van der Waals surface area contributed by atoms with Crippen LogP contribution in [0.1, 0.15) is 16.8 Å². The molecule has 3 nitrogen and oxygen atoms in total. The van der Waals surface area contributed by atoms with Gasteiger partial charge in [-0.15, -0.1) is 0 Å². The fourth-order valence-corrected chi connectivity index (χ4v) is 3.34. The monoisotopic (exact) mass is 328 g/mol. The number of halogens is 2. The van der Waals surface area contributed by atoms with Crippen LogP contribution < -0.4 is 5.32 Å². The van der Waals surface area contributed by atoms with E-state index in [0.717, 1.165) is 5.75 Å². The lowest BCUT2D eigenvalue weighted by molar-refractivity contribution is 0.0922. The highest BCUT2D eigenvalue weighted by atomic mass is 79.9. The maximum atomic E-state index is 13.6. The van der Waals surface area contributed by atoms with Crippen molar-refractivity contribution >= 4 is 33.6 Å². The Hall–Kier alpha value is -1.06. The molecule has 0 aromatic heterocycles. The summed E-state index contributed by atoms with van der Waals surface area (Å²) in [6.07, 6.45) is 0.595. The third-order valence-corrected chi connectivity index (χ3v) is 4.45. The smallest absolute Gasteiger partial charge is 0.255 e. The average molecular weight is 329 g/mol. The summed E-state index contributed by atoms with van der Waals surface area (Å²) in [6, 6.07) is 6.36. The van der Waals surface area contributed by atoms with E-state index >= 15 is 0 Å². The maximum Gasteiger partial charge on any atom is 0.255 e. The van der Waals surface area contributed by atoms with Crippen molar-refractivity contribution < 1.29 is 9.18 Å². The van der Waals surface area contributed by atoms with Gasteiger partial charge in [0.05, 0.1) is 11.6 Å². The second-order valence-corrected chi connectivity index (χ2v) is 6.10. The van der Waals surface area contributed by atoms with Gasteiger partial charge in [0, 0.05) is 10.2 Å². The molecular weight excluding hydrogens is 319 g/mol. The first-order valence-corrected chi connectivity index (χ1v) is 7.28. The molecule has 1 amide bonds. The number of thioether (sulfide) groups is 1. The fraction of sp³-hybridized carbons (Fsp3) is 0.333. The third kappa shape index (κ3) is 2.68. The molecule has 1 unspecified atom stereocenters. The van der Waals surface area contributed by atoms with E-state index in [1.807, 2.05) is 0 Å². The Kier molecular flexibility index (Phi) is 3.93. The van der Waals surface area contributed by atoms with Gasteiger partial charge in [-0.2, -0.15) is 17.0 Å². The minimum absolute atomic E-state index is 0.0373. The first kappa shape index (κ1) is 13.4. The number of nitrogens with zero attached hydrogens (tertiary/aromatic N) is 1. The Morgan fingerprint density at radius 3 is 2.94 bits per heavy atom. The zero-order valence-electron chi connectivity index (χ0n) is 9.37. The largest absolute Gasteiger partial charge is 0.333 e. The first-order chi connectivity index (χ1) is 8.56. The molecular formula is C12H10BrFN2OS. The molecule has 0 aliphatic carbocycles. The van der Waals surface area contributed by atoms with Crippen LogP contribution in [-0.2, 0) is 0 Å². The summed E-state index contributed by atoms with van der Waals surface area (Å²) in [5, 5.41) is 11.8. The third-order valence-electron chi connectivity index (χ3n) is 2.76. The normalized spacial score (nSPS) is 22.5. The minimum atomic E-state index is -0.860. The van der Waals surface area contributed by atoms with E-state index in [0.29, 0.717) is 16.6 Å². The van der Waals surface area contributed by atoms with Crippen LogP contribution in [0.2, 0.25) is 0 Å². The zero-order valence-corrected chi connectivity index (χ0v) is 11.8. The number of hydrogen-bond donors (Lipinski definition) is 1. The molecule has 1 heterocycles. The van der Waals surface area contributed by atoms with E-state index in [2.05, 4.69) is 27.3 Å². The van der Waals surface area contributed by atoms with Gasteiger partial charge in [0.25, 0.3) is 5.91 Å². The molecule has 0 bridgehead atoms. The van der Waals surface area contributed by atoms with Gasteiger partial charge >= 0.3 is 0 Å². The quantitative estimate of drug-likeness (QED) is 0.908. The van der Waals surface area contributed by atoms with Crippen LogP contribution in [0.3, 0.4) is 0 Å². The number of carbonyl (C=O) groups excluding carboxylic acids is 1. The fourth-order valence-electron chi connectivity index (χ4n) is 1.74. The van der Waals surface area contributed by atoms with E-state index < -0.39 is 17.3 Å². The summed E-state index contributed by atoms with van der Waals surface area (Å²) >= 11 is 4.74. The van der Waals surface area contributed by atoms with Crippen LogP contribution in [0.15, 0.2) is 22.7 Å². The highest BCUT2D eigenvalue weighted by molar-refractivity contribution is 9.10. The zero-order chi connectivity index (χ0) is 13.2. The van der Waals surface area contributed by atoms with E-state index in [1.54, 1.807) is 17.8 Å². The predicted octanol–water partition coefficient (Wildman–Crippen LogP) is 2.72. The SMILES string of the molecule is N#CC1(NC(=O)c2ccc(Br)cc2F)CCSC1. The Labute approximate surface area is 117 Å². The van der Waals surface area contributed by atoms with Crippen LogP contribution >= 0.6 is 27.7 Å². The van der Waals surface area contributed by atoms with Gasteiger partial charge in [-0.1, -0.05) is 15.9 Å². The van der Waals surface area contributed by atoms with Gasteiger partial charge in [-0.3, -0.25) is 4.79 Å². The number of amides is 1. The molecule has 1 atom stereocenters. The highest BCUT2D eigenvalue weighted by Crippen LogP contribution is 2.28. The summed E-state index contributed by atoms with van der Waals surface area (Å²) in [7, 11) is 0. The Bertz CT molecular complexity index is 523. The van der Waals surface area contributed by atoms with Crippen molar-refractivity contribution in [1.82, 2.24) is 5.32 Å². The number of nitriles is 1. The molecule has 94 valence electrons. The predicted molar refractivity (Wildman–Crippen MR) is 71.9 cm³/mol. The maximum absolute atomic E-state index is 13.6. The van der Waals surface area contributed by atoms with Gasteiger partial charge in [0.1, 0.15) is 11.4 Å². The summed E-state index contributed by atoms with van der Waals surface area (Å²) in [5.41, 5.74) is -0.897. The second kappa shape index (κ2) is 5.29. The average Bonchev–Trinajstić information content (AvgIpc) is 2.78. The van der Waals surface area contributed by atoms with Crippen LogP contribution in [-0.4, -0.2) is 23.0 Å². The molecule has 6 heteroatoms. The Balaban J connectivity index is 2.19. The number of hydrogen-bond acceptors (Lipinski definition) is 3. The summed E-state index contributed by atoms with van der Waals surface area (Å²) in [6.45, 7) is 0. The van der Waals surface area contributed by atoms with Crippen LogP contribution in [0.25, 0.3) is 0 Å². The molecule has 2 rings (SSSR count). The van der Waals surface area contributed by atoms with E-state index in [4.69, 9.17) is 5.26 Å². The van der Waals surface area contributed by atoms with E-state index in [9.17, 15) is 9.18 Å². The van der Waals surface area contributed by atoms with Crippen LogP contribution in [0.4, 0.5) is 4.39 Å². The molecule has 1 aliphatic heterocycles. The van der Waals surface area contributed by atoms with Crippen LogP contribution in [0.5, 0.6) is 0 Å². The minimum Gasteiger partial charge on any atom is -0.333 e. The first-order valence-electron chi connectivity index (χ1n) is 5.33. The van der Waals surface area contributed by atoms with Crippen molar-refractivity contribution in [3.8, 4) is 6.07 Å². The second-order valence-electron chi connectivity index (χ2n) is 4.07. The lowest BCUT2D eigenvalue weighted by Crippen LogP contribution is -2.47.